The molecule has 2 unspecified atom stereocenters. The Balaban J connectivity index is 0.662. The number of alkyl halides is 3. The molecule has 18 nitrogen and oxygen atoms in total. The van der Waals surface area contributed by atoms with Crippen LogP contribution >= 0.6 is 0 Å². The van der Waals surface area contributed by atoms with E-state index in [1.165, 1.54) is 15.3 Å². The molecule has 5 saturated heterocycles. The van der Waals surface area contributed by atoms with Crippen LogP contribution in [0.15, 0.2) is 47.7 Å². The van der Waals surface area contributed by atoms with E-state index in [2.05, 4.69) is 35.5 Å². The first-order valence-corrected chi connectivity index (χ1v) is 22.8. The Morgan fingerprint density at radius 1 is 1.03 bits per heavy atom. The van der Waals surface area contributed by atoms with Crippen molar-refractivity contribution < 1.29 is 37.3 Å². The van der Waals surface area contributed by atoms with Crippen molar-refractivity contribution in [3.8, 4) is 0 Å². The van der Waals surface area contributed by atoms with Crippen molar-refractivity contribution in [3.63, 3.8) is 0 Å². The van der Waals surface area contributed by atoms with Crippen LogP contribution < -0.4 is 26.1 Å². The number of aromatic nitrogens is 7. The van der Waals surface area contributed by atoms with E-state index in [1.807, 2.05) is 24.3 Å². The van der Waals surface area contributed by atoms with Crippen molar-refractivity contribution in [2.75, 3.05) is 61.0 Å². The van der Waals surface area contributed by atoms with Gasteiger partial charge in [0.2, 0.25) is 11.8 Å². The minimum Gasteiger partial charge on any atom is -0.374 e. The van der Waals surface area contributed by atoms with Gasteiger partial charge in [-0.15, -0.1) is 0 Å². The third-order valence-electron chi connectivity index (χ3n) is 14.6. The number of nitrogens with zero attached hydrogens (tertiary/aromatic N) is 10. The number of nitrogens with one attached hydrogen (secondary N) is 2. The summed E-state index contributed by atoms with van der Waals surface area (Å²) in [5.74, 6) is 0.266. The van der Waals surface area contributed by atoms with Crippen molar-refractivity contribution >= 4 is 45.7 Å². The average Bonchev–Trinajstić information content (AvgIpc) is 4.13. The van der Waals surface area contributed by atoms with Gasteiger partial charge in [0, 0.05) is 65.1 Å². The number of rotatable bonds is 12. The lowest BCUT2D eigenvalue weighted by Crippen LogP contribution is -2.56. The first-order valence-electron chi connectivity index (χ1n) is 22.8. The molecule has 0 spiro atoms. The molecule has 6 fully saturated rings. The minimum absolute atomic E-state index is 0.0545. The number of fused-ring (bicyclic) bond motifs is 4. The molecule has 21 heteroatoms. The summed E-state index contributed by atoms with van der Waals surface area (Å²) in [5, 5.41) is 25.1. The number of likely N-dealkylation sites (tertiary alicyclic amines) is 1. The van der Waals surface area contributed by atoms with Crippen LogP contribution in [0.3, 0.4) is 0 Å². The van der Waals surface area contributed by atoms with Crippen LogP contribution in [0.1, 0.15) is 87.4 Å². The highest BCUT2D eigenvalue weighted by molar-refractivity contribution is 6.00. The molecule has 1 aromatic carbocycles. The van der Waals surface area contributed by atoms with Crippen LogP contribution in [0, 0.1) is 5.92 Å². The predicted molar refractivity (Wildman–Crippen MR) is 231 cm³/mol. The molecule has 1 aliphatic carbocycles. The molecule has 1 saturated carbocycles. The third kappa shape index (κ3) is 7.72. The fraction of sp³-hybridized carbons (Fsp3) is 0.591. The molecule has 2 amide bonds. The number of piperidine rings is 2. The normalized spacial score (nSPS) is 28.2. The van der Waals surface area contributed by atoms with E-state index in [1.54, 1.807) is 28.6 Å². The number of aliphatic hydroxyl groups excluding tert-OH is 1. The van der Waals surface area contributed by atoms with Gasteiger partial charge in [-0.25, -0.2) is 27.5 Å². The van der Waals surface area contributed by atoms with Crippen molar-refractivity contribution in [1.82, 2.24) is 43.7 Å². The Morgan fingerprint density at radius 2 is 1.86 bits per heavy atom. The van der Waals surface area contributed by atoms with Gasteiger partial charge in [0.05, 0.1) is 71.2 Å². The summed E-state index contributed by atoms with van der Waals surface area (Å²) in [7, 11) is 1.68. The molecule has 11 rings (SSSR count). The number of benzene rings is 1. The summed E-state index contributed by atoms with van der Waals surface area (Å²) in [4.78, 5) is 49.1. The van der Waals surface area contributed by atoms with E-state index >= 15 is 4.39 Å². The maximum Gasteiger partial charge on any atom is 0.329 e. The number of morpholine rings is 1. The first-order chi connectivity index (χ1) is 31.4. The number of para-hydroxylation sites is 1. The summed E-state index contributed by atoms with van der Waals surface area (Å²) < 4.78 is 62.6. The number of halogens is 3. The second kappa shape index (κ2) is 16.7. The number of imidazole rings is 1. The number of carbonyl (C=O) groups excluding carboxylic acids is 2. The quantitative estimate of drug-likeness (QED) is 0.122. The number of carbonyl (C=O) groups is 2. The zero-order valence-electron chi connectivity index (χ0n) is 36.0. The summed E-state index contributed by atoms with van der Waals surface area (Å²) in [5.41, 5.74) is 2.24. The third-order valence-corrected chi connectivity index (χ3v) is 14.6. The summed E-state index contributed by atoms with van der Waals surface area (Å²) in [6.45, 7) is 4.21. The number of imide groups is 1. The summed E-state index contributed by atoms with van der Waals surface area (Å²) >= 11 is 0. The van der Waals surface area contributed by atoms with Gasteiger partial charge in [0.25, 0.3) is 6.43 Å². The molecule has 6 aliphatic rings. The van der Waals surface area contributed by atoms with Gasteiger partial charge in [0.1, 0.15) is 18.0 Å². The van der Waals surface area contributed by atoms with E-state index in [0.717, 1.165) is 56.7 Å². The topological polar surface area (TPSA) is 182 Å². The fourth-order valence-electron chi connectivity index (χ4n) is 11.1. The maximum atomic E-state index is 15.7. The molecule has 4 aromatic heterocycles. The van der Waals surface area contributed by atoms with Gasteiger partial charge in [-0.3, -0.25) is 33.6 Å². The zero-order valence-corrected chi connectivity index (χ0v) is 36.0. The zero-order chi connectivity index (χ0) is 44.7. The molecule has 5 aliphatic heterocycles. The molecule has 65 heavy (non-hydrogen) atoms. The lowest BCUT2D eigenvalue weighted by molar-refractivity contribution is -0.135. The lowest BCUT2D eigenvalue weighted by Gasteiger charge is -2.45. The number of anilines is 3. The molecule has 346 valence electrons. The second-order valence-corrected chi connectivity index (χ2v) is 18.7. The highest BCUT2D eigenvalue weighted by Crippen LogP contribution is 2.38. The molecule has 3 N–H and O–H groups in total. The van der Waals surface area contributed by atoms with Crippen molar-refractivity contribution in [2.45, 2.75) is 107 Å². The highest BCUT2D eigenvalue weighted by atomic mass is 19.3. The van der Waals surface area contributed by atoms with Crippen molar-refractivity contribution in [3.05, 3.63) is 64.6 Å². The Labute approximate surface area is 371 Å². The van der Waals surface area contributed by atoms with E-state index in [-0.39, 0.29) is 61.0 Å². The van der Waals surface area contributed by atoms with Crippen LogP contribution in [-0.4, -0.2) is 132 Å². The molecular formula is C44H53F3N12O6. The van der Waals surface area contributed by atoms with E-state index in [4.69, 9.17) is 14.5 Å². The van der Waals surface area contributed by atoms with E-state index in [9.17, 15) is 28.3 Å². The SMILES string of the molecule is Cn1c(=O)n(C2CCC(=O)NC2=O)c2cccc(N3CC(O[C@H]4CCN(CC5CCC(n6cc(NC(O)c7cnn8ccc(N9C[C@H]%10C[C@@H]9CO%10)nc78)c(C(F)F)n6)CC5)C[C@H]4F)C3)c21. The Hall–Kier alpha value is -5.51. The number of aryl methyl sites for hydroxylation is 1. The van der Waals surface area contributed by atoms with Gasteiger partial charge >= 0.3 is 5.69 Å². The Kier molecular flexibility index (Phi) is 10.8. The van der Waals surface area contributed by atoms with Crippen LogP contribution in [0.25, 0.3) is 16.7 Å². The number of ether oxygens (including phenoxy) is 2. The molecule has 0 radical (unpaired) electrons. The molecule has 2 bridgehead atoms. The average molecular weight is 903 g/mol. The van der Waals surface area contributed by atoms with Gasteiger partial charge in [-0.1, -0.05) is 6.07 Å². The van der Waals surface area contributed by atoms with Crippen LogP contribution in [0.2, 0.25) is 0 Å². The highest BCUT2D eigenvalue weighted by Gasteiger charge is 2.41. The largest absolute Gasteiger partial charge is 0.374 e. The maximum absolute atomic E-state index is 15.7. The van der Waals surface area contributed by atoms with Crippen LogP contribution in [-0.2, 0) is 26.1 Å². The number of amides is 2. The number of aliphatic hydroxyl groups is 1. The van der Waals surface area contributed by atoms with Crippen molar-refractivity contribution in [2.24, 2.45) is 13.0 Å². The molecule has 9 heterocycles. The minimum atomic E-state index is -2.86. The number of hydrogen-bond donors (Lipinski definition) is 3. The second-order valence-electron chi connectivity index (χ2n) is 18.7. The van der Waals surface area contributed by atoms with Gasteiger partial charge < -0.3 is 29.7 Å². The molecule has 5 aromatic rings. The van der Waals surface area contributed by atoms with Crippen LogP contribution in [0.5, 0.6) is 0 Å². The first kappa shape index (κ1) is 42.1. The van der Waals surface area contributed by atoms with E-state index < -0.39 is 42.6 Å². The predicted octanol–water partition coefficient (Wildman–Crippen LogP) is 3.62. The van der Waals surface area contributed by atoms with Gasteiger partial charge in [0.15, 0.2) is 17.6 Å². The standard InChI is InChI=1S/C44H53F3N12O6/c1-53-39-32(3-2-4-33(39)59(44(53)63)34-9-10-37(60)51-43(34)62)55-18-28(19-55)65-35-11-13-54(21-30(35)45)17-24-5-7-25(8-6-24)58-22-31(38(52-58)40(46)47)49-42(61)29-16-48-57-14-12-36(50-41(29)57)56-20-27-15-26(56)23-64-27/h2-4,12,14,16,22,24-28,30,34-35,40,42,49,61H,5-11,13,15,17-21,23H2,1H3,(H,51,60,62)/t24?,25?,26-,27-,30-,34?,35+,42?/m1/s1. The Bertz CT molecular complexity index is 2670. The smallest absolute Gasteiger partial charge is 0.329 e. The summed E-state index contributed by atoms with van der Waals surface area (Å²) in [6, 6.07) is 6.86. The van der Waals surface area contributed by atoms with Crippen LogP contribution in [0.4, 0.5) is 30.4 Å². The molecular weight excluding hydrogens is 850 g/mol. The lowest BCUT2D eigenvalue weighted by atomic mass is 9.85. The van der Waals surface area contributed by atoms with Crippen molar-refractivity contribution in [1.29, 1.82) is 0 Å². The Morgan fingerprint density at radius 3 is 2.60 bits per heavy atom. The van der Waals surface area contributed by atoms with E-state index in [0.29, 0.717) is 60.8 Å². The summed E-state index contributed by atoms with van der Waals surface area (Å²) in [6.07, 6.45) is 4.08. The fourth-order valence-corrected chi connectivity index (χ4v) is 11.1. The number of hydrogen-bond acceptors (Lipinski definition) is 13. The molecule has 6 atom stereocenters. The monoisotopic (exact) mass is 902 g/mol. The van der Waals surface area contributed by atoms with Gasteiger partial charge in [-0.05, 0) is 69.1 Å². The van der Waals surface area contributed by atoms with Gasteiger partial charge in [-0.2, -0.15) is 10.2 Å².